The van der Waals surface area contributed by atoms with E-state index in [1.54, 1.807) is 0 Å². The number of benzene rings is 2. The number of rotatable bonds is 7. The van der Waals surface area contributed by atoms with Crippen molar-refractivity contribution in [2.45, 2.75) is 81.7 Å². The maximum Gasteiger partial charge on any atom is 0.280 e. The van der Waals surface area contributed by atoms with Crippen LogP contribution in [-0.4, -0.2) is 93.4 Å². The molecule has 0 bridgehead atoms. The third-order valence-corrected chi connectivity index (χ3v) is 9.68. The molecule has 1 saturated heterocycles. The van der Waals surface area contributed by atoms with E-state index in [0.717, 1.165) is 6.92 Å². The van der Waals surface area contributed by atoms with Gasteiger partial charge in [-0.25, -0.2) is 0 Å². The Bertz CT molecular complexity index is 1670. The fraction of sp³-hybridized carbons (Fsp3) is 0.483. The second-order valence-corrected chi connectivity index (χ2v) is 13.1. The number of aliphatic hydroxyl groups is 2. The number of ether oxygens (including phenoxy) is 3. The van der Waals surface area contributed by atoms with Crippen LogP contribution in [0.1, 0.15) is 82.7 Å². The van der Waals surface area contributed by atoms with Crippen molar-refractivity contribution in [1.82, 2.24) is 5.32 Å². The molecule has 0 spiro atoms. The lowest BCUT2D eigenvalue weighted by Gasteiger charge is -2.43. The first-order valence-electron chi connectivity index (χ1n) is 13.8. The highest BCUT2D eigenvalue weighted by Crippen LogP contribution is 2.52. The number of phenols is 2. The number of hydrogen-bond acceptors (Lipinski definition) is 13. The Morgan fingerprint density at radius 3 is 2.41 bits per heavy atom. The molecule has 14 nitrogen and oxygen atoms in total. The molecule has 44 heavy (non-hydrogen) atoms. The quantitative estimate of drug-likeness (QED) is 0.157. The van der Waals surface area contributed by atoms with Gasteiger partial charge in [-0.15, -0.1) is 0 Å². The SMILES string of the molecule is COc1cccc2c1C(=O)c1c(O)c3c(c(O)c1C2=O)C[C@@](O)(C(C)=O)C[C@@H]3OC1CC(NC(C)S(=O)(=O)O)C(O)C(C)O1. The molecule has 2 aromatic carbocycles. The number of carbonyl (C=O) groups excluding carboxylic acids is 3. The van der Waals surface area contributed by atoms with Gasteiger partial charge in [0, 0.05) is 42.0 Å². The van der Waals surface area contributed by atoms with Gasteiger partial charge in [-0.05, 0) is 26.8 Å². The molecular weight excluding hydrogens is 602 g/mol. The van der Waals surface area contributed by atoms with Gasteiger partial charge in [0.15, 0.2) is 17.9 Å². The minimum atomic E-state index is -4.51. The van der Waals surface area contributed by atoms with Gasteiger partial charge in [-0.2, -0.15) is 8.42 Å². The number of nitrogens with one attached hydrogen (secondary N) is 1. The molecule has 5 unspecified atom stereocenters. The molecular formula is C29H33NO13S. The normalized spacial score (nSPS) is 28.9. The highest BCUT2D eigenvalue weighted by Gasteiger charge is 2.49. The van der Waals surface area contributed by atoms with Crippen molar-refractivity contribution < 1.29 is 62.0 Å². The lowest BCUT2D eigenvalue weighted by Crippen LogP contribution is -2.57. The van der Waals surface area contributed by atoms with Crippen LogP contribution in [0, 0.1) is 0 Å². The summed E-state index contributed by atoms with van der Waals surface area (Å²) in [4.78, 5) is 40.0. The molecule has 2 aromatic rings. The van der Waals surface area contributed by atoms with E-state index in [0.29, 0.717) is 0 Å². The first kappa shape index (κ1) is 32.0. The summed E-state index contributed by atoms with van der Waals surface area (Å²) in [5, 5.41) is 46.1. The molecule has 3 aliphatic rings. The van der Waals surface area contributed by atoms with Crippen LogP contribution in [-0.2, 0) is 30.8 Å². The summed E-state index contributed by atoms with van der Waals surface area (Å²) in [7, 11) is -3.21. The summed E-state index contributed by atoms with van der Waals surface area (Å²) in [6.45, 7) is 3.79. The predicted octanol–water partition coefficient (Wildman–Crippen LogP) is 0.894. The van der Waals surface area contributed by atoms with Crippen molar-refractivity contribution in [2.75, 3.05) is 7.11 Å². The van der Waals surface area contributed by atoms with Crippen LogP contribution in [0.25, 0.3) is 0 Å². The molecule has 0 amide bonds. The van der Waals surface area contributed by atoms with Crippen molar-refractivity contribution in [1.29, 1.82) is 0 Å². The van der Waals surface area contributed by atoms with E-state index in [9.17, 15) is 47.8 Å². The van der Waals surface area contributed by atoms with Crippen molar-refractivity contribution in [3.8, 4) is 17.2 Å². The molecule has 1 aliphatic heterocycles. The fourth-order valence-corrected chi connectivity index (χ4v) is 6.52. The minimum absolute atomic E-state index is 0.0669. The number of hydrogen-bond donors (Lipinski definition) is 6. The predicted molar refractivity (Wildman–Crippen MR) is 150 cm³/mol. The van der Waals surface area contributed by atoms with Gasteiger partial charge in [0.2, 0.25) is 5.78 Å². The largest absolute Gasteiger partial charge is 0.507 e. The van der Waals surface area contributed by atoms with Gasteiger partial charge in [-0.1, -0.05) is 12.1 Å². The third kappa shape index (κ3) is 5.17. The zero-order valence-electron chi connectivity index (χ0n) is 24.2. The zero-order chi connectivity index (χ0) is 32.5. The lowest BCUT2D eigenvalue weighted by atomic mass is 9.72. The Morgan fingerprint density at radius 1 is 1.14 bits per heavy atom. The summed E-state index contributed by atoms with van der Waals surface area (Å²) in [6, 6.07) is 3.36. The topological polar surface area (TPSA) is 226 Å². The Balaban J connectivity index is 1.60. The molecule has 0 saturated carbocycles. The van der Waals surface area contributed by atoms with Crippen LogP contribution >= 0.6 is 0 Å². The highest BCUT2D eigenvalue weighted by molar-refractivity contribution is 7.86. The molecule has 15 heteroatoms. The van der Waals surface area contributed by atoms with Crippen molar-refractivity contribution in [3.05, 3.63) is 51.6 Å². The molecule has 5 rings (SSSR count). The van der Waals surface area contributed by atoms with Gasteiger partial charge in [0.05, 0.1) is 42.1 Å². The Hall–Kier alpha value is -3.44. The Kier molecular flexibility index (Phi) is 8.12. The van der Waals surface area contributed by atoms with Crippen LogP contribution in [0.5, 0.6) is 17.2 Å². The lowest BCUT2D eigenvalue weighted by molar-refractivity contribution is -0.249. The van der Waals surface area contributed by atoms with Gasteiger partial charge in [0.1, 0.15) is 28.2 Å². The second-order valence-electron chi connectivity index (χ2n) is 11.4. The van der Waals surface area contributed by atoms with E-state index >= 15 is 0 Å². The summed E-state index contributed by atoms with van der Waals surface area (Å²) in [5.74, 6) is -3.61. The first-order valence-corrected chi connectivity index (χ1v) is 15.3. The molecule has 1 heterocycles. The monoisotopic (exact) mass is 635 g/mol. The fourth-order valence-electron chi connectivity index (χ4n) is 6.18. The van der Waals surface area contributed by atoms with Crippen LogP contribution in [0.15, 0.2) is 18.2 Å². The summed E-state index contributed by atoms with van der Waals surface area (Å²) in [5.41, 5.74) is -3.62. The zero-order valence-corrected chi connectivity index (χ0v) is 25.0. The number of carbonyl (C=O) groups is 3. The average molecular weight is 636 g/mol. The first-order chi connectivity index (χ1) is 20.5. The van der Waals surface area contributed by atoms with Gasteiger partial charge in [-0.3, -0.25) is 24.3 Å². The second kappa shape index (κ2) is 11.2. The smallest absolute Gasteiger partial charge is 0.280 e. The number of Topliss-reactive ketones (excluding diaryl/α,β-unsaturated/α-hetero) is 1. The molecule has 238 valence electrons. The standard InChI is InChI=1S/C29H33NO13S/c1-11-24(32)16(30-13(3)44(38,39)40)8-19(42-11)43-18-10-29(37,12(2)31)9-15-21(18)28(36)23-22(26(15)34)25(33)14-6-5-7-17(41-4)20(14)27(23)35/h5-7,11,13,16,18-19,24,30,32,34,36-37H,8-10H2,1-4H3,(H,38,39,40)/t11?,13?,16?,18-,19?,24?,29-/m0/s1. The third-order valence-electron chi connectivity index (χ3n) is 8.65. The Morgan fingerprint density at radius 2 is 1.80 bits per heavy atom. The maximum atomic E-state index is 13.8. The molecule has 6 N–H and O–H groups in total. The van der Waals surface area contributed by atoms with Crippen molar-refractivity contribution in [3.63, 3.8) is 0 Å². The van der Waals surface area contributed by atoms with E-state index < -0.39 is 105 Å². The van der Waals surface area contributed by atoms with E-state index in [1.807, 2.05) is 0 Å². The molecule has 2 aliphatic carbocycles. The van der Waals surface area contributed by atoms with Crippen LogP contribution < -0.4 is 10.1 Å². The van der Waals surface area contributed by atoms with Crippen molar-refractivity contribution in [2.24, 2.45) is 0 Å². The number of phenolic OH excluding ortho intramolecular Hbond substituents is 2. The van der Waals surface area contributed by atoms with Crippen molar-refractivity contribution >= 4 is 27.5 Å². The number of fused-ring (bicyclic) bond motifs is 3. The average Bonchev–Trinajstić information content (AvgIpc) is 2.94. The summed E-state index contributed by atoms with van der Waals surface area (Å²) >= 11 is 0. The minimum Gasteiger partial charge on any atom is -0.507 e. The van der Waals surface area contributed by atoms with Gasteiger partial charge < -0.3 is 34.6 Å². The number of methoxy groups -OCH3 is 1. The Labute approximate surface area is 252 Å². The van der Waals surface area contributed by atoms with Gasteiger partial charge >= 0.3 is 0 Å². The van der Waals surface area contributed by atoms with Gasteiger partial charge in [0.25, 0.3) is 10.1 Å². The summed E-state index contributed by atoms with van der Waals surface area (Å²) < 4.78 is 49.8. The maximum absolute atomic E-state index is 13.8. The molecule has 7 atom stereocenters. The summed E-state index contributed by atoms with van der Waals surface area (Å²) in [6.07, 6.45) is -5.92. The van der Waals surface area contributed by atoms with E-state index in [2.05, 4.69) is 5.32 Å². The highest BCUT2D eigenvalue weighted by atomic mass is 32.2. The van der Waals surface area contributed by atoms with E-state index in [4.69, 9.17) is 14.2 Å². The van der Waals surface area contributed by atoms with Crippen LogP contribution in [0.4, 0.5) is 0 Å². The van der Waals surface area contributed by atoms with E-state index in [-0.39, 0.29) is 34.4 Å². The molecule has 1 fully saturated rings. The molecule has 0 aromatic heterocycles. The molecule has 0 radical (unpaired) electrons. The van der Waals surface area contributed by atoms with Crippen LogP contribution in [0.2, 0.25) is 0 Å². The number of aliphatic hydroxyl groups excluding tert-OH is 1. The number of aromatic hydroxyl groups is 2. The van der Waals surface area contributed by atoms with Crippen LogP contribution in [0.3, 0.4) is 0 Å². The number of ketones is 3. The van der Waals surface area contributed by atoms with E-state index in [1.165, 1.54) is 39.2 Å².